The maximum atomic E-state index is 9.53. The summed E-state index contributed by atoms with van der Waals surface area (Å²) in [4.78, 5) is 7.99. The van der Waals surface area contributed by atoms with E-state index < -0.39 is 0 Å². The predicted octanol–water partition coefficient (Wildman–Crippen LogP) is 2.55. The van der Waals surface area contributed by atoms with Crippen LogP contribution in [0.25, 0.3) is 5.70 Å². The van der Waals surface area contributed by atoms with Crippen LogP contribution in [0.3, 0.4) is 0 Å². The Hall–Kier alpha value is -2.72. The van der Waals surface area contributed by atoms with Gasteiger partial charge >= 0.3 is 0 Å². The number of nitrogens with one attached hydrogen (secondary N) is 3. The molecule has 0 bridgehead atoms. The Kier molecular flexibility index (Phi) is 6.69. The molecule has 1 aromatic heterocycles. The quantitative estimate of drug-likeness (QED) is 0.525. The molecule has 0 radical (unpaired) electrons. The molecule has 180 valence electrons. The largest absolute Gasteiger partial charge is 0.495 e. The van der Waals surface area contributed by atoms with Gasteiger partial charge in [0, 0.05) is 38.6 Å². The number of hydrogen-bond donors (Lipinski definition) is 3. The molecule has 1 aromatic carbocycles. The highest BCUT2D eigenvalue weighted by Crippen LogP contribution is 2.40. The third-order valence-corrected chi connectivity index (χ3v) is 9.50. The average molecular weight is 481 g/mol. The highest BCUT2D eigenvalue weighted by atomic mass is 31.1. The summed E-state index contributed by atoms with van der Waals surface area (Å²) < 4.78 is 11.2. The van der Waals surface area contributed by atoms with E-state index in [-0.39, 0.29) is 14.1 Å². The van der Waals surface area contributed by atoms with Crippen molar-refractivity contribution in [2.45, 2.75) is 19.1 Å². The molecule has 8 nitrogen and oxygen atoms in total. The Morgan fingerprint density at radius 3 is 2.74 bits per heavy atom. The van der Waals surface area contributed by atoms with E-state index in [4.69, 9.17) is 9.47 Å². The number of rotatable bonds is 7. The molecule has 2 saturated heterocycles. The van der Waals surface area contributed by atoms with Crippen LogP contribution >= 0.6 is 7.92 Å². The Balaban J connectivity index is 1.33. The number of ether oxygens (including phenoxy) is 2. The third kappa shape index (κ3) is 4.24. The van der Waals surface area contributed by atoms with E-state index in [0.717, 1.165) is 61.4 Å². The number of aromatic nitrogens is 1. The fourth-order valence-corrected chi connectivity index (χ4v) is 7.28. The van der Waals surface area contributed by atoms with Crippen LogP contribution in [0.4, 0.5) is 11.5 Å². The van der Waals surface area contributed by atoms with Crippen molar-refractivity contribution < 1.29 is 9.47 Å². The first-order valence-corrected chi connectivity index (χ1v) is 13.7. The van der Waals surface area contributed by atoms with E-state index in [1.54, 1.807) is 13.3 Å². The van der Waals surface area contributed by atoms with Crippen LogP contribution in [0.1, 0.15) is 18.1 Å². The van der Waals surface area contributed by atoms with Gasteiger partial charge < -0.3 is 30.0 Å². The number of anilines is 2. The molecule has 34 heavy (non-hydrogen) atoms. The molecular weight excluding hydrogens is 447 g/mol. The maximum Gasteiger partial charge on any atom is 0.142 e. The number of hydrogen-bond acceptors (Lipinski definition) is 7. The van der Waals surface area contributed by atoms with Crippen molar-refractivity contribution in [2.24, 2.45) is 0 Å². The van der Waals surface area contributed by atoms with Crippen molar-refractivity contribution in [3.63, 3.8) is 0 Å². The number of methoxy groups -OCH3 is 1. The van der Waals surface area contributed by atoms with Crippen molar-refractivity contribution in [1.82, 2.24) is 15.2 Å². The summed E-state index contributed by atoms with van der Waals surface area (Å²) in [6.45, 7) is 6.96. The molecule has 0 amide bonds. The smallest absolute Gasteiger partial charge is 0.142 e. The lowest BCUT2D eigenvalue weighted by atomic mass is 10.0. The fraction of sp³-hybridized carbons (Fsp3) is 0.480. The van der Waals surface area contributed by atoms with Gasteiger partial charge in [-0.1, -0.05) is 14.0 Å². The zero-order chi connectivity index (χ0) is 23.7. The summed E-state index contributed by atoms with van der Waals surface area (Å²) in [5.74, 6) is 1.80. The van der Waals surface area contributed by atoms with E-state index in [9.17, 15) is 5.26 Å². The van der Waals surface area contributed by atoms with E-state index in [2.05, 4.69) is 62.7 Å². The summed E-state index contributed by atoms with van der Waals surface area (Å²) >= 11 is 0. The zero-order valence-corrected chi connectivity index (χ0v) is 21.0. The van der Waals surface area contributed by atoms with Gasteiger partial charge in [0.2, 0.25) is 0 Å². The van der Waals surface area contributed by atoms with Crippen LogP contribution < -0.4 is 25.6 Å². The Morgan fingerprint density at radius 1 is 1.29 bits per heavy atom. The number of H-pyrrole nitrogens is 1. The van der Waals surface area contributed by atoms with E-state index in [1.807, 2.05) is 7.05 Å². The van der Waals surface area contributed by atoms with E-state index in [1.165, 1.54) is 17.6 Å². The van der Waals surface area contributed by atoms with Crippen LogP contribution in [-0.4, -0.2) is 81.4 Å². The number of benzene rings is 1. The molecular formula is C25H33N6O2P. The molecule has 5 rings (SSSR count). The number of nitriles is 1. The first-order chi connectivity index (χ1) is 16.6. The van der Waals surface area contributed by atoms with Gasteiger partial charge in [-0.25, -0.2) is 0 Å². The zero-order valence-electron chi connectivity index (χ0n) is 20.1. The first kappa shape index (κ1) is 23.0. The summed E-state index contributed by atoms with van der Waals surface area (Å²) in [7, 11) is 3.60. The minimum Gasteiger partial charge on any atom is -0.495 e. The monoisotopic (exact) mass is 480 g/mol. The van der Waals surface area contributed by atoms with Crippen LogP contribution in [0.2, 0.25) is 0 Å². The second-order valence-corrected chi connectivity index (χ2v) is 11.4. The van der Waals surface area contributed by atoms with Gasteiger partial charge in [-0.15, -0.1) is 0 Å². The van der Waals surface area contributed by atoms with Crippen molar-refractivity contribution in [1.29, 1.82) is 5.26 Å². The first-order valence-electron chi connectivity index (χ1n) is 11.9. The van der Waals surface area contributed by atoms with Gasteiger partial charge in [0.15, 0.2) is 0 Å². The highest BCUT2D eigenvalue weighted by molar-refractivity contribution is 7.65. The second kappa shape index (κ2) is 9.87. The molecule has 3 aliphatic heterocycles. The molecule has 2 fully saturated rings. The molecule has 2 aromatic rings. The van der Waals surface area contributed by atoms with Gasteiger partial charge in [-0.3, -0.25) is 4.90 Å². The van der Waals surface area contributed by atoms with Crippen molar-refractivity contribution in [3.05, 3.63) is 41.6 Å². The molecule has 9 heteroatoms. The van der Waals surface area contributed by atoms with Crippen LogP contribution in [0.5, 0.6) is 5.75 Å². The van der Waals surface area contributed by atoms with Gasteiger partial charge in [0.05, 0.1) is 43.2 Å². The minimum absolute atomic E-state index is 0.0925. The van der Waals surface area contributed by atoms with Crippen LogP contribution in [-0.2, 0) is 4.74 Å². The predicted molar refractivity (Wildman–Crippen MR) is 138 cm³/mol. The third-order valence-electron chi connectivity index (χ3n) is 7.02. The van der Waals surface area contributed by atoms with Crippen LogP contribution in [0, 0.1) is 11.3 Å². The molecule has 3 N–H and O–H groups in total. The average Bonchev–Trinajstić information content (AvgIpc) is 3.27. The summed E-state index contributed by atoms with van der Waals surface area (Å²) in [6, 6.07) is 9.57. The summed E-state index contributed by atoms with van der Waals surface area (Å²) in [5, 5.41) is 18.0. The fourth-order valence-electron chi connectivity index (χ4n) is 4.95. The molecule has 0 aliphatic carbocycles. The number of nitrogens with zero attached hydrogens (tertiary/aromatic N) is 3. The van der Waals surface area contributed by atoms with Crippen LogP contribution in [0.15, 0.2) is 30.5 Å². The van der Waals surface area contributed by atoms with Gasteiger partial charge in [0.1, 0.15) is 23.8 Å². The van der Waals surface area contributed by atoms with Crippen molar-refractivity contribution in [2.75, 3.05) is 69.5 Å². The topological polar surface area (TPSA) is 88.6 Å². The molecule has 0 spiro atoms. The highest BCUT2D eigenvalue weighted by Gasteiger charge is 2.31. The second-order valence-electron chi connectivity index (χ2n) is 8.95. The number of fused-ring (bicyclic) bond motifs is 1. The molecule has 3 aliphatic rings. The van der Waals surface area contributed by atoms with Crippen molar-refractivity contribution >= 4 is 30.4 Å². The van der Waals surface area contributed by atoms with E-state index in [0.29, 0.717) is 11.6 Å². The normalized spacial score (nSPS) is 21.3. The van der Waals surface area contributed by atoms with Gasteiger partial charge in [-0.2, -0.15) is 5.26 Å². The summed E-state index contributed by atoms with van der Waals surface area (Å²) in [5.41, 5.74) is 3.50. The summed E-state index contributed by atoms with van der Waals surface area (Å²) in [6.07, 6.45) is 6.29. The molecule has 1 atom stereocenters. The molecule has 0 saturated carbocycles. The van der Waals surface area contributed by atoms with Gasteiger partial charge in [-0.05, 0) is 42.8 Å². The minimum atomic E-state index is -0.166. The lowest BCUT2D eigenvalue weighted by Crippen LogP contribution is -2.52. The molecule has 4 heterocycles. The maximum absolute atomic E-state index is 9.53. The van der Waals surface area contributed by atoms with E-state index >= 15 is 0 Å². The lowest BCUT2D eigenvalue weighted by molar-refractivity contribution is -0.0617. The number of likely N-dealkylation sites (N-methyl/N-ethyl adjacent to an activating group) is 1. The Bertz CT molecular complexity index is 1100. The SMILES string of the molecule is CCNC1=CC(Nc2ccc(P3CCN(C4COC4)CC3)cc2OC)N(C)c2[nH]cc(C#N)c21. The van der Waals surface area contributed by atoms with Gasteiger partial charge in [0.25, 0.3) is 0 Å². The molecule has 1 unspecified atom stereocenters. The van der Waals surface area contributed by atoms with Crippen molar-refractivity contribution in [3.8, 4) is 11.8 Å². The Morgan fingerprint density at radius 2 is 2.09 bits per heavy atom. The Labute approximate surface area is 202 Å². The lowest BCUT2D eigenvalue weighted by Gasteiger charge is -2.41. The number of aromatic amines is 1. The standard InChI is InChI=1S/C25H33N6O2P/c1-4-27-21-12-23(30(2)25-24(21)17(13-26)14-28-25)29-20-6-5-19(11-22(20)32-3)34-9-7-31(8-10-34)18-15-33-16-18/h5-6,11-12,14,18,23,27-29H,4,7-10,15-16H2,1-3H3.